The molecule has 2 heterocycles. The Hall–Kier alpha value is -0.670. The van der Waals surface area contributed by atoms with Crippen LogP contribution in [0.4, 0.5) is 0 Å². The average Bonchev–Trinajstić information content (AvgIpc) is 3.16. The molecule has 6 rings (SSSR count). The number of carbonyl (C=O) groups is 1. The molecule has 3 heteroatoms. The minimum Gasteiger partial charge on any atom is -0.369 e. The number of hydrogen-bond acceptors (Lipinski definition) is 3. The quantitative estimate of drug-likeness (QED) is 0.518. The number of allylic oxidation sites excluding steroid dienone is 1. The average molecular weight is 426 g/mol. The van der Waals surface area contributed by atoms with E-state index in [1.165, 1.54) is 38.5 Å². The third-order valence-electron chi connectivity index (χ3n) is 11.1. The fourth-order valence-electron chi connectivity index (χ4n) is 9.76. The molecule has 0 radical (unpaired) electrons. The second-order valence-corrected chi connectivity index (χ2v) is 12.8. The van der Waals surface area contributed by atoms with E-state index in [4.69, 9.17) is 4.74 Å². The fraction of sp³-hybridized carbons (Fsp3) is 0.893. The van der Waals surface area contributed by atoms with Crippen molar-refractivity contribution in [3.8, 4) is 0 Å². The Balaban J connectivity index is 1.27. The molecule has 3 nitrogen and oxygen atoms in total. The first-order valence-corrected chi connectivity index (χ1v) is 13.5. The maximum atomic E-state index is 12.2. The van der Waals surface area contributed by atoms with Crippen molar-refractivity contribution >= 4 is 5.78 Å². The van der Waals surface area contributed by atoms with Crippen LogP contribution in [0.2, 0.25) is 0 Å². The predicted molar refractivity (Wildman–Crippen MR) is 124 cm³/mol. The Morgan fingerprint density at radius 3 is 2.71 bits per heavy atom. The summed E-state index contributed by atoms with van der Waals surface area (Å²) in [4.78, 5) is 12.2. The van der Waals surface area contributed by atoms with Crippen LogP contribution in [0, 0.1) is 47.3 Å². The van der Waals surface area contributed by atoms with Crippen LogP contribution < -0.4 is 5.32 Å². The zero-order chi connectivity index (χ0) is 21.5. The molecule has 0 amide bonds. The van der Waals surface area contributed by atoms with Crippen LogP contribution in [0.3, 0.4) is 0 Å². The Morgan fingerprint density at radius 1 is 1.03 bits per heavy atom. The Bertz CT molecular complexity index is 788. The van der Waals surface area contributed by atoms with Crippen molar-refractivity contribution in [1.29, 1.82) is 0 Å². The van der Waals surface area contributed by atoms with E-state index in [9.17, 15) is 4.79 Å². The minimum absolute atomic E-state index is 0.0606. The van der Waals surface area contributed by atoms with E-state index in [0.29, 0.717) is 35.7 Å². The van der Waals surface area contributed by atoms with Gasteiger partial charge < -0.3 is 10.1 Å². The van der Waals surface area contributed by atoms with E-state index in [0.717, 1.165) is 55.4 Å². The summed E-state index contributed by atoms with van der Waals surface area (Å²) < 4.78 is 7.01. The van der Waals surface area contributed by atoms with Gasteiger partial charge >= 0.3 is 0 Å². The molecule has 2 unspecified atom stereocenters. The molecular formula is C28H43NO2. The number of fused-ring (bicyclic) bond motifs is 6. The highest BCUT2D eigenvalue weighted by Crippen LogP contribution is 2.61. The second-order valence-electron chi connectivity index (χ2n) is 12.8. The molecule has 2 saturated heterocycles. The molecule has 0 aromatic rings. The lowest BCUT2D eigenvalue weighted by Gasteiger charge is -2.47. The number of rotatable bonds is 0. The number of piperidine rings is 1. The maximum Gasteiger partial charge on any atom is 0.133 e. The molecule has 5 fully saturated rings. The van der Waals surface area contributed by atoms with Gasteiger partial charge in [0, 0.05) is 24.8 Å². The minimum atomic E-state index is 0.0606. The van der Waals surface area contributed by atoms with Gasteiger partial charge in [0.25, 0.3) is 0 Å². The van der Waals surface area contributed by atoms with Crippen LogP contribution in [-0.2, 0) is 9.53 Å². The number of ether oxygens (including phenoxy) is 1. The van der Waals surface area contributed by atoms with Gasteiger partial charge in [-0.25, -0.2) is 0 Å². The molecule has 0 aromatic heterocycles. The summed E-state index contributed by atoms with van der Waals surface area (Å²) in [5.41, 5.74) is 3.56. The molecule has 31 heavy (non-hydrogen) atoms. The van der Waals surface area contributed by atoms with E-state index in [2.05, 4.69) is 33.0 Å². The van der Waals surface area contributed by atoms with Gasteiger partial charge in [0.15, 0.2) is 0 Å². The topological polar surface area (TPSA) is 38.3 Å². The summed E-state index contributed by atoms with van der Waals surface area (Å²) in [6, 6.07) is 0.552. The summed E-state index contributed by atoms with van der Waals surface area (Å²) in [7, 11) is 0. The fourth-order valence-corrected chi connectivity index (χ4v) is 9.76. The largest absolute Gasteiger partial charge is 0.369 e. The zero-order valence-corrected chi connectivity index (χ0v) is 20.2. The highest BCUT2D eigenvalue weighted by molar-refractivity contribution is 5.79. The lowest BCUT2D eigenvalue weighted by Crippen LogP contribution is -2.48. The van der Waals surface area contributed by atoms with Crippen molar-refractivity contribution in [1.82, 2.24) is 5.32 Å². The molecule has 4 aliphatic carbocycles. The highest BCUT2D eigenvalue weighted by atomic mass is 16.5. The molecule has 1 N–H and O–H groups in total. The molecule has 1 spiro atoms. The van der Waals surface area contributed by atoms with Gasteiger partial charge in [-0.1, -0.05) is 31.9 Å². The van der Waals surface area contributed by atoms with Crippen LogP contribution in [-0.4, -0.2) is 30.1 Å². The van der Waals surface area contributed by atoms with Crippen molar-refractivity contribution in [2.75, 3.05) is 6.54 Å². The van der Waals surface area contributed by atoms with Crippen LogP contribution in [0.1, 0.15) is 85.5 Å². The summed E-state index contributed by atoms with van der Waals surface area (Å²) in [5.74, 6) is 6.46. The van der Waals surface area contributed by atoms with Gasteiger partial charge in [0.2, 0.25) is 0 Å². The third-order valence-corrected chi connectivity index (χ3v) is 11.1. The van der Waals surface area contributed by atoms with E-state index in [1.807, 2.05) is 5.57 Å². The predicted octanol–water partition coefficient (Wildman–Crippen LogP) is 5.54. The normalized spacial score (nSPS) is 54.3. The smallest absolute Gasteiger partial charge is 0.133 e. The first-order valence-electron chi connectivity index (χ1n) is 13.5. The number of ketones is 1. The standard InChI is InChI=1S/C28H43NO2/c1-15-9-25-27(29-14-15)18(4)28(31-25)8-7-22-21-6-5-19-11-20(30)10-16(2)26(19)24(21)12-23(22)17(3)13-28/h15-16,18-19,21-22,24-27,29H,5-14H2,1-4H3/t15-,16+,18+,19?,21-,22-,24-,25+,26?,27-,28-/m0/s1. The summed E-state index contributed by atoms with van der Waals surface area (Å²) in [5, 5.41) is 3.85. The molecule has 6 aliphatic rings. The second kappa shape index (κ2) is 7.42. The molecule has 172 valence electrons. The summed E-state index contributed by atoms with van der Waals surface area (Å²) in [6.07, 6.45) is 11.1. The maximum absolute atomic E-state index is 12.2. The number of hydrogen-bond donors (Lipinski definition) is 1. The van der Waals surface area contributed by atoms with Gasteiger partial charge in [-0.15, -0.1) is 0 Å². The van der Waals surface area contributed by atoms with Gasteiger partial charge in [0.1, 0.15) is 5.78 Å². The van der Waals surface area contributed by atoms with Crippen molar-refractivity contribution in [3.05, 3.63) is 11.1 Å². The zero-order valence-electron chi connectivity index (χ0n) is 20.2. The molecule has 0 aromatic carbocycles. The monoisotopic (exact) mass is 425 g/mol. The van der Waals surface area contributed by atoms with Gasteiger partial charge in [-0.05, 0) is 99.8 Å². The van der Waals surface area contributed by atoms with Crippen molar-refractivity contribution in [2.45, 2.75) is 103 Å². The first kappa shape index (κ1) is 20.9. The Labute approximate surface area is 189 Å². The van der Waals surface area contributed by atoms with Crippen molar-refractivity contribution in [2.24, 2.45) is 47.3 Å². The molecule has 11 atom stereocenters. The lowest BCUT2D eigenvalue weighted by atomic mass is 9.57. The third kappa shape index (κ3) is 3.15. The highest BCUT2D eigenvalue weighted by Gasteiger charge is 2.57. The number of carbonyl (C=O) groups excluding carboxylic acids is 1. The summed E-state index contributed by atoms with van der Waals surface area (Å²) in [6.45, 7) is 10.8. The SMILES string of the molecule is CC1=C2C[C@@H]3C4C(CC[C@H]3[C@@H]2CC[C@@]2(C1)O[C@@H]1C[C@H](C)CN[C@H]1[C@H]2C)CC(=O)C[C@H]4C. The van der Waals surface area contributed by atoms with Crippen LogP contribution >= 0.6 is 0 Å². The number of Topliss-reactive ketones (excluding diaryl/α,β-unsaturated/α-hetero) is 1. The molecule has 3 saturated carbocycles. The van der Waals surface area contributed by atoms with Crippen LogP contribution in [0.5, 0.6) is 0 Å². The van der Waals surface area contributed by atoms with Crippen LogP contribution in [0.15, 0.2) is 11.1 Å². The van der Waals surface area contributed by atoms with E-state index >= 15 is 0 Å². The van der Waals surface area contributed by atoms with Crippen LogP contribution in [0.25, 0.3) is 0 Å². The summed E-state index contributed by atoms with van der Waals surface area (Å²) >= 11 is 0. The van der Waals surface area contributed by atoms with Gasteiger partial charge in [0.05, 0.1) is 11.7 Å². The lowest BCUT2D eigenvalue weighted by molar-refractivity contribution is -0.127. The van der Waals surface area contributed by atoms with Crippen molar-refractivity contribution in [3.63, 3.8) is 0 Å². The van der Waals surface area contributed by atoms with E-state index in [1.54, 1.807) is 5.57 Å². The van der Waals surface area contributed by atoms with Crippen molar-refractivity contribution < 1.29 is 9.53 Å². The first-order chi connectivity index (χ1) is 14.9. The molecule has 2 aliphatic heterocycles. The Morgan fingerprint density at radius 2 is 1.87 bits per heavy atom. The molecule has 0 bridgehead atoms. The van der Waals surface area contributed by atoms with Gasteiger partial charge in [-0.3, -0.25) is 4.79 Å². The molecular weight excluding hydrogens is 382 g/mol. The van der Waals surface area contributed by atoms with E-state index < -0.39 is 0 Å². The Kier molecular flexibility index (Phi) is 5.00. The van der Waals surface area contributed by atoms with Gasteiger partial charge in [-0.2, -0.15) is 0 Å². The number of nitrogens with one attached hydrogen (secondary N) is 1. The van der Waals surface area contributed by atoms with E-state index in [-0.39, 0.29) is 5.60 Å².